The average Bonchev–Trinajstić information content (AvgIpc) is 1.59. The van der Waals surface area contributed by atoms with Crippen LogP contribution in [0.2, 0.25) is 0 Å². The summed E-state index contributed by atoms with van der Waals surface area (Å²) in [5.41, 5.74) is 4.96. The first-order valence-corrected chi connectivity index (χ1v) is 3.82. The second-order valence-corrected chi connectivity index (χ2v) is 3.00. The molecule has 9 heavy (non-hydrogen) atoms. The maximum absolute atomic E-state index is 9.89. The van der Waals surface area contributed by atoms with Gasteiger partial charge in [0.1, 0.15) is 0 Å². The zero-order valence-electron chi connectivity index (χ0n) is 5.37. The first-order chi connectivity index (χ1) is 3.56. The van der Waals surface area contributed by atoms with Crippen molar-refractivity contribution in [1.29, 1.82) is 0 Å². The van der Waals surface area contributed by atoms with Gasteiger partial charge in [-0.05, 0) is 13.0 Å². The standard InChI is InChI=1S/C3H9NO3S.Na/c4-2-1-3-8(5,6)7;/h1-4H2,(H,5,6,7);/q;+1. The summed E-state index contributed by atoms with van der Waals surface area (Å²) in [7, 11) is -3.77. The van der Waals surface area contributed by atoms with Gasteiger partial charge in [-0.25, -0.2) is 0 Å². The molecule has 0 aliphatic heterocycles. The summed E-state index contributed by atoms with van der Waals surface area (Å²) in [5.74, 6) is -0.233. The first-order valence-electron chi connectivity index (χ1n) is 2.21. The van der Waals surface area contributed by atoms with Gasteiger partial charge in [0.15, 0.2) is 0 Å². The van der Waals surface area contributed by atoms with Gasteiger partial charge in [0.25, 0.3) is 10.1 Å². The normalized spacial score (nSPS) is 10.4. The van der Waals surface area contributed by atoms with Crippen LogP contribution in [-0.4, -0.2) is 25.3 Å². The van der Waals surface area contributed by atoms with Gasteiger partial charge in [-0.1, -0.05) is 0 Å². The molecule has 0 rings (SSSR count). The number of nitrogens with two attached hydrogens (primary N) is 1. The molecule has 3 N–H and O–H groups in total. The zero-order chi connectivity index (χ0) is 6.62. The van der Waals surface area contributed by atoms with Crippen LogP contribution in [0.15, 0.2) is 0 Å². The molecule has 0 aromatic heterocycles. The Hall–Kier alpha value is 0.870. The third-order valence-corrected chi connectivity index (χ3v) is 1.41. The molecule has 0 aliphatic rings. The van der Waals surface area contributed by atoms with Crippen LogP contribution in [0.5, 0.6) is 0 Å². The molecule has 50 valence electrons. The summed E-state index contributed by atoms with van der Waals surface area (Å²) < 4.78 is 27.8. The second kappa shape index (κ2) is 5.64. The summed E-state index contributed by atoms with van der Waals surface area (Å²) in [6, 6.07) is 0. The SMILES string of the molecule is NCCCS(=O)(=O)O.[Na+]. The van der Waals surface area contributed by atoms with Crippen LogP contribution in [0.25, 0.3) is 0 Å². The van der Waals surface area contributed by atoms with Crippen LogP contribution in [0.4, 0.5) is 0 Å². The Morgan fingerprint density at radius 3 is 2.00 bits per heavy atom. The minimum Gasteiger partial charge on any atom is -0.330 e. The number of hydrogen-bond acceptors (Lipinski definition) is 3. The first kappa shape index (κ1) is 12.5. The summed E-state index contributed by atoms with van der Waals surface area (Å²) in [5, 5.41) is 0. The van der Waals surface area contributed by atoms with Gasteiger partial charge in [0.05, 0.1) is 5.75 Å². The van der Waals surface area contributed by atoms with Gasteiger partial charge in [0, 0.05) is 0 Å². The molecule has 0 bridgehead atoms. The van der Waals surface area contributed by atoms with Gasteiger partial charge in [0.2, 0.25) is 0 Å². The molecule has 0 aromatic carbocycles. The van der Waals surface area contributed by atoms with Crippen molar-refractivity contribution in [3.63, 3.8) is 0 Å². The quantitative estimate of drug-likeness (QED) is 0.330. The smallest absolute Gasteiger partial charge is 0.330 e. The molecule has 6 heteroatoms. The van der Waals surface area contributed by atoms with E-state index in [-0.39, 0.29) is 35.3 Å². The van der Waals surface area contributed by atoms with Crippen LogP contribution in [0.3, 0.4) is 0 Å². The van der Waals surface area contributed by atoms with E-state index in [4.69, 9.17) is 10.3 Å². The summed E-state index contributed by atoms with van der Waals surface area (Å²) >= 11 is 0. The molecule has 0 heterocycles. The Balaban J connectivity index is 0. The Morgan fingerprint density at radius 1 is 1.44 bits per heavy atom. The number of rotatable bonds is 3. The van der Waals surface area contributed by atoms with Gasteiger partial charge in [-0.15, -0.1) is 0 Å². The third kappa shape index (κ3) is 12.1. The molecule has 0 spiro atoms. The van der Waals surface area contributed by atoms with Crippen LogP contribution in [-0.2, 0) is 10.1 Å². The Labute approximate surface area is 76.9 Å². The van der Waals surface area contributed by atoms with Crippen LogP contribution in [0, 0.1) is 0 Å². The minimum atomic E-state index is -3.77. The Bertz CT molecular complexity index is 143. The largest absolute Gasteiger partial charge is 1.00 e. The van der Waals surface area contributed by atoms with E-state index in [0.717, 1.165) is 0 Å². The molecule has 0 radical (unpaired) electrons. The van der Waals surface area contributed by atoms with E-state index < -0.39 is 10.1 Å². The summed E-state index contributed by atoms with van der Waals surface area (Å²) in [6.07, 6.45) is 0.318. The van der Waals surface area contributed by atoms with E-state index in [9.17, 15) is 8.42 Å². The molecule has 0 saturated heterocycles. The minimum absolute atomic E-state index is 0. The van der Waals surface area contributed by atoms with Crippen molar-refractivity contribution in [2.45, 2.75) is 6.42 Å². The molecule has 4 nitrogen and oxygen atoms in total. The summed E-state index contributed by atoms with van der Waals surface area (Å²) in [6.45, 7) is 0.291. The van der Waals surface area contributed by atoms with Crippen molar-refractivity contribution in [3.8, 4) is 0 Å². The molecule has 0 saturated carbocycles. The predicted octanol–water partition coefficient (Wildman–Crippen LogP) is -3.77. The molecular formula is C3H9NNaO3S+. The molecule has 0 atom stereocenters. The van der Waals surface area contributed by atoms with Crippen LogP contribution >= 0.6 is 0 Å². The fourth-order valence-electron chi connectivity index (χ4n) is 0.266. The second-order valence-electron chi connectivity index (χ2n) is 1.43. The van der Waals surface area contributed by atoms with E-state index in [1.165, 1.54) is 0 Å². The van der Waals surface area contributed by atoms with E-state index in [2.05, 4.69) is 0 Å². The van der Waals surface area contributed by atoms with E-state index in [1.807, 2.05) is 0 Å². The Morgan fingerprint density at radius 2 is 1.89 bits per heavy atom. The maximum Gasteiger partial charge on any atom is 1.00 e. The monoisotopic (exact) mass is 162 g/mol. The van der Waals surface area contributed by atoms with Crippen molar-refractivity contribution < 1.29 is 42.5 Å². The van der Waals surface area contributed by atoms with Crippen LogP contribution in [0.1, 0.15) is 6.42 Å². The van der Waals surface area contributed by atoms with Crippen molar-refractivity contribution >= 4 is 10.1 Å². The molecule has 0 fully saturated rings. The average molecular weight is 162 g/mol. The molecular weight excluding hydrogens is 153 g/mol. The van der Waals surface area contributed by atoms with Gasteiger partial charge >= 0.3 is 29.6 Å². The fourth-order valence-corrected chi connectivity index (χ4v) is 0.797. The van der Waals surface area contributed by atoms with Gasteiger partial charge in [-0.3, -0.25) is 4.55 Å². The molecule has 0 amide bonds. The van der Waals surface area contributed by atoms with E-state index in [0.29, 0.717) is 13.0 Å². The van der Waals surface area contributed by atoms with Gasteiger partial charge < -0.3 is 5.73 Å². The molecule has 0 aromatic rings. The maximum atomic E-state index is 9.89. The van der Waals surface area contributed by atoms with Crippen LogP contribution < -0.4 is 35.3 Å². The number of hydrogen-bond donors (Lipinski definition) is 2. The zero-order valence-corrected chi connectivity index (χ0v) is 8.19. The Kier molecular flexibility index (Phi) is 7.86. The van der Waals surface area contributed by atoms with Crippen molar-refractivity contribution in [2.24, 2.45) is 5.73 Å². The van der Waals surface area contributed by atoms with Crippen molar-refractivity contribution in [3.05, 3.63) is 0 Å². The summed E-state index contributed by atoms with van der Waals surface area (Å²) in [4.78, 5) is 0. The van der Waals surface area contributed by atoms with Gasteiger partial charge in [-0.2, -0.15) is 8.42 Å². The third-order valence-electron chi connectivity index (χ3n) is 0.606. The van der Waals surface area contributed by atoms with E-state index >= 15 is 0 Å². The topological polar surface area (TPSA) is 80.4 Å². The fraction of sp³-hybridized carbons (Fsp3) is 1.00. The molecule has 0 unspecified atom stereocenters. The predicted molar refractivity (Wildman–Crippen MR) is 30.1 cm³/mol. The van der Waals surface area contributed by atoms with Crippen molar-refractivity contribution in [2.75, 3.05) is 12.3 Å². The molecule has 0 aliphatic carbocycles. The van der Waals surface area contributed by atoms with Crippen molar-refractivity contribution in [1.82, 2.24) is 0 Å². The van der Waals surface area contributed by atoms with E-state index in [1.54, 1.807) is 0 Å².